The summed E-state index contributed by atoms with van der Waals surface area (Å²) in [5.74, 6) is 1.67. The molecule has 1 rings (SSSR count). The van der Waals surface area contributed by atoms with Crippen LogP contribution in [-0.2, 0) is 4.74 Å². The van der Waals surface area contributed by atoms with Gasteiger partial charge in [0.2, 0.25) is 0 Å². The first kappa shape index (κ1) is 12.3. The molecule has 76 valence electrons. The van der Waals surface area contributed by atoms with Crippen LogP contribution < -0.4 is 0 Å². The summed E-state index contributed by atoms with van der Waals surface area (Å²) in [5.41, 5.74) is 1.50. The van der Waals surface area contributed by atoms with Crippen molar-refractivity contribution < 1.29 is 4.74 Å². The molecule has 0 heterocycles. The second kappa shape index (κ2) is 6.76. The zero-order chi connectivity index (χ0) is 10.3. The third-order valence-electron chi connectivity index (χ3n) is 2.07. The molecule has 0 aromatic carbocycles. The maximum Gasteiger partial charge on any atom is 0.115 e. The zero-order valence-corrected chi connectivity index (χ0v) is 9.55. The Kier molecular flexibility index (Phi) is 6.38. The van der Waals surface area contributed by atoms with E-state index >= 15 is 0 Å². The minimum atomic E-state index is 0.643. The molecule has 0 spiro atoms. The molecule has 0 aromatic rings. The van der Waals surface area contributed by atoms with Gasteiger partial charge in [-0.15, -0.1) is 0 Å². The Balaban J connectivity index is 0.000000671. The molecule has 13 heavy (non-hydrogen) atoms. The van der Waals surface area contributed by atoms with E-state index in [1.807, 2.05) is 13.8 Å². The lowest BCUT2D eigenvalue weighted by Gasteiger charge is -2.16. The molecule has 1 heteroatoms. The molecule has 0 radical (unpaired) electrons. The van der Waals surface area contributed by atoms with Crippen molar-refractivity contribution >= 4 is 0 Å². The molecular formula is C12H22O. The van der Waals surface area contributed by atoms with Gasteiger partial charge in [-0.05, 0) is 30.9 Å². The van der Waals surface area contributed by atoms with Crippen LogP contribution in [0.15, 0.2) is 23.5 Å². The summed E-state index contributed by atoms with van der Waals surface area (Å²) in [6.45, 7) is 8.42. The lowest BCUT2D eigenvalue weighted by Crippen LogP contribution is -2.01. The summed E-state index contributed by atoms with van der Waals surface area (Å²) in [5, 5.41) is 0. The molecule has 1 nitrogen and oxygen atoms in total. The maximum atomic E-state index is 5.18. The molecule has 0 aliphatic heterocycles. The van der Waals surface area contributed by atoms with Crippen molar-refractivity contribution in [2.24, 2.45) is 5.92 Å². The molecular weight excluding hydrogens is 160 g/mol. The summed E-state index contributed by atoms with van der Waals surface area (Å²) in [4.78, 5) is 0. The third kappa shape index (κ3) is 4.16. The lowest BCUT2D eigenvalue weighted by molar-refractivity contribution is 0.299. The first-order valence-electron chi connectivity index (χ1n) is 5.21. The van der Waals surface area contributed by atoms with Crippen LogP contribution in [0.2, 0.25) is 0 Å². The zero-order valence-electron chi connectivity index (χ0n) is 9.55. The minimum Gasteiger partial charge on any atom is -0.497 e. The van der Waals surface area contributed by atoms with Crippen LogP contribution in [0.25, 0.3) is 0 Å². The number of hydrogen-bond acceptors (Lipinski definition) is 1. The topological polar surface area (TPSA) is 9.23 Å². The second-order valence-corrected chi connectivity index (χ2v) is 3.11. The second-order valence-electron chi connectivity index (χ2n) is 3.11. The van der Waals surface area contributed by atoms with Gasteiger partial charge in [0.1, 0.15) is 5.76 Å². The van der Waals surface area contributed by atoms with E-state index in [0.29, 0.717) is 5.92 Å². The molecule has 1 aliphatic rings. The summed E-state index contributed by atoms with van der Waals surface area (Å²) in [6.07, 6.45) is 6.67. The molecule has 0 saturated carbocycles. The number of ether oxygens (including phenoxy) is 1. The smallest absolute Gasteiger partial charge is 0.115 e. The van der Waals surface area contributed by atoms with Gasteiger partial charge >= 0.3 is 0 Å². The number of methoxy groups -OCH3 is 1. The van der Waals surface area contributed by atoms with Crippen LogP contribution in [0.5, 0.6) is 0 Å². The van der Waals surface area contributed by atoms with E-state index in [0.717, 1.165) is 12.2 Å². The van der Waals surface area contributed by atoms with E-state index in [1.54, 1.807) is 7.11 Å². The fourth-order valence-electron chi connectivity index (χ4n) is 1.43. The predicted octanol–water partition coefficient (Wildman–Crippen LogP) is 3.92. The van der Waals surface area contributed by atoms with E-state index in [1.165, 1.54) is 12.0 Å². The normalized spacial score (nSPS) is 20.8. The maximum absolute atomic E-state index is 5.18. The SMILES string of the molecule is CC.CCC1=CC(OC)=CC(C)C1. The molecule has 0 amide bonds. The fraction of sp³-hybridized carbons (Fsp3) is 0.667. The summed E-state index contributed by atoms with van der Waals surface area (Å²) >= 11 is 0. The van der Waals surface area contributed by atoms with Crippen LogP contribution in [0, 0.1) is 5.92 Å². The van der Waals surface area contributed by atoms with Gasteiger partial charge in [0.05, 0.1) is 7.11 Å². The van der Waals surface area contributed by atoms with Crippen LogP contribution in [0.4, 0.5) is 0 Å². The molecule has 0 aromatic heterocycles. The van der Waals surface area contributed by atoms with E-state index in [9.17, 15) is 0 Å². The van der Waals surface area contributed by atoms with E-state index in [4.69, 9.17) is 4.74 Å². The fourth-order valence-corrected chi connectivity index (χ4v) is 1.43. The molecule has 0 fully saturated rings. The molecule has 1 aliphatic carbocycles. The average Bonchev–Trinajstić information content (AvgIpc) is 2.20. The monoisotopic (exact) mass is 182 g/mol. The first-order valence-corrected chi connectivity index (χ1v) is 5.21. The molecule has 1 atom stereocenters. The van der Waals surface area contributed by atoms with Crippen molar-refractivity contribution in [3.63, 3.8) is 0 Å². The van der Waals surface area contributed by atoms with Gasteiger partial charge in [0.15, 0.2) is 0 Å². The predicted molar refractivity (Wildman–Crippen MR) is 58.6 cm³/mol. The van der Waals surface area contributed by atoms with Crippen LogP contribution in [0.3, 0.4) is 0 Å². The van der Waals surface area contributed by atoms with Crippen molar-refractivity contribution in [3.8, 4) is 0 Å². The Morgan fingerprint density at radius 2 is 2.08 bits per heavy atom. The summed E-state index contributed by atoms with van der Waals surface area (Å²) in [6, 6.07) is 0. The molecule has 0 N–H and O–H groups in total. The van der Waals surface area contributed by atoms with E-state index in [-0.39, 0.29) is 0 Å². The van der Waals surface area contributed by atoms with E-state index in [2.05, 4.69) is 26.0 Å². The van der Waals surface area contributed by atoms with Crippen LogP contribution >= 0.6 is 0 Å². The highest BCUT2D eigenvalue weighted by Gasteiger charge is 2.09. The summed E-state index contributed by atoms with van der Waals surface area (Å²) < 4.78 is 5.18. The lowest BCUT2D eigenvalue weighted by atomic mass is 9.94. The highest BCUT2D eigenvalue weighted by Crippen LogP contribution is 2.24. The highest BCUT2D eigenvalue weighted by molar-refractivity contribution is 5.24. The Morgan fingerprint density at radius 1 is 1.46 bits per heavy atom. The molecule has 0 saturated heterocycles. The van der Waals surface area contributed by atoms with Crippen molar-refractivity contribution in [2.75, 3.05) is 7.11 Å². The minimum absolute atomic E-state index is 0.643. The Morgan fingerprint density at radius 3 is 2.54 bits per heavy atom. The number of allylic oxidation sites excluding steroid dienone is 3. The van der Waals surface area contributed by atoms with Crippen LogP contribution in [0.1, 0.15) is 40.5 Å². The van der Waals surface area contributed by atoms with E-state index < -0.39 is 0 Å². The van der Waals surface area contributed by atoms with Gasteiger partial charge in [0, 0.05) is 0 Å². The highest BCUT2D eigenvalue weighted by atomic mass is 16.5. The van der Waals surface area contributed by atoms with Gasteiger partial charge < -0.3 is 4.74 Å². The molecule has 1 unspecified atom stereocenters. The van der Waals surface area contributed by atoms with Gasteiger partial charge in [-0.2, -0.15) is 0 Å². The largest absolute Gasteiger partial charge is 0.497 e. The van der Waals surface area contributed by atoms with Crippen molar-refractivity contribution in [1.82, 2.24) is 0 Å². The van der Waals surface area contributed by atoms with Crippen LogP contribution in [-0.4, -0.2) is 7.11 Å². The van der Waals surface area contributed by atoms with Gasteiger partial charge in [-0.3, -0.25) is 0 Å². The standard InChI is InChI=1S/C10H16O.C2H6/c1-4-9-5-8(2)6-10(7-9)11-3;1-2/h6-8H,4-5H2,1-3H3;1-2H3. The Labute approximate surface area is 82.5 Å². The molecule has 0 bridgehead atoms. The average molecular weight is 182 g/mol. The Bertz CT molecular complexity index is 189. The van der Waals surface area contributed by atoms with Crippen molar-refractivity contribution in [1.29, 1.82) is 0 Å². The van der Waals surface area contributed by atoms with Crippen molar-refractivity contribution in [3.05, 3.63) is 23.5 Å². The van der Waals surface area contributed by atoms with Gasteiger partial charge in [0.25, 0.3) is 0 Å². The quantitative estimate of drug-likeness (QED) is 0.629. The van der Waals surface area contributed by atoms with Crippen molar-refractivity contribution in [2.45, 2.75) is 40.5 Å². The Hall–Kier alpha value is -0.720. The summed E-state index contributed by atoms with van der Waals surface area (Å²) in [7, 11) is 1.73. The number of hydrogen-bond donors (Lipinski definition) is 0. The van der Waals surface area contributed by atoms with Gasteiger partial charge in [-0.1, -0.05) is 33.3 Å². The first-order chi connectivity index (χ1) is 6.26. The van der Waals surface area contributed by atoms with Gasteiger partial charge in [-0.25, -0.2) is 0 Å². The third-order valence-corrected chi connectivity index (χ3v) is 2.07. The number of rotatable bonds is 2.